The molecule has 0 saturated carbocycles. The highest BCUT2D eigenvalue weighted by molar-refractivity contribution is 14.0. The van der Waals surface area contributed by atoms with Crippen LogP contribution in [-0.4, -0.2) is 55.1 Å². The molecule has 0 amide bonds. The van der Waals surface area contributed by atoms with Crippen LogP contribution >= 0.6 is 35.3 Å². The fraction of sp³-hybridized carbons (Fsp3) is 0.778. The molecular weight excluding hydrogens is 445 g/mol. The Hall–Kier alpha value is -0.570. The highest BCUT2D eigenvalue weighted by atomic mass is 127. The van der Waals surface area contributed by atoms with Crippen molar-refractivity contribution in [3.63, 3.8) is 0 Å². The number of rotatable bonds is 5. The normalized spacial score (nSPS) is 19.2. The molecule has 2 aliphatic rings. The van der Waals surface area contributed by atoms with Crippen molar-refractivity contribution >= 4 is 46.4 Å². The van der Waals surface area contributed by atoms with Gasteiger partial charge in [-0.05, 0) is 38.5 Å². The van der Waals surface area contributed by atoms with Crippen LogP contribution in [0.3, 0.4) is 0 Å². The second-order valence-electron chi connectivity index (χ2n) is 6.97. The summed E-state index contributed by atoms with van der Waals surface area (Å²) in [5.41, 5.74) is 1.19. The molecule has 2 fully saturated rings. The molecule has 2 saturated heterocycles. The van der Waals surface area contributed by atoms with Gasteiger partial charge in [-0.25, -0.2) is 4.98 Å². The van der Waals surface area contributed by atoms with E-state index in [0.29, 0.717) is 0 Å². The number of halogens is 1. The summed E-state index contributed by atoms with van der Waals surface area (Å²) in [4.78, 5) is 14.5. The van der Waals surface area contributed by atoms with E-state index in [1.165, 1.54) is 49.6 Å². The van der Waals surface area contributed by atoms with Crippen molar-refractivity contribution in [3.8, 4) is 0 Å². The number of thiazole rings is 1. The molecule has 3 heterocycles. The number of piperidine rings is 1. The van der Waals surface area contributed by atoms with Gasteiger partial charge in [0.05, 0.1) is 5.69 Å². The predicted molar refractivity (Wildman–Crippen MR) is 119 cm³/mol. The van der Waals surface area contributed by atoms with Crippen LogP contribution in [0.25, 0.3) is 0 Å². The van der Waals surface area contributed by atoms with E-state index in [2.05, 4.69) is 34.3 Å². The van der Waals surface area contributed by atoms with Gasteiger partial charge in [0.1, 0.15) is 0 Å². The van der Waals surface area contributed by atoms with E-state index < -0.39 is 0 Å². The fourth-order valence-corrected chi connectivity index (χ4v) is 4.30. The van der Waals surface area contributed by atoms with Crippen LogP contribution in [0.4, 0.5) is 5.13 Å². The molecule has 25 heavy (non-hydrogen) atoms. The smallest absolute Gasteiger partial charge is 0.193 e. The third-order valence-corrected chi connectivity index (χ3v) is 5.91. The van der Waals surface area contributed by atoms with Crippen LogP contribution in [0.15, 0.2) is 10.4 Å². The van der Waals surface area contributed by atoms with Crippen LogP contribution in [0, 0.1) is 5.92 Å². The van der Waals surface area contributed by atoms with Crippen LogP contribution in [0.5, 0.6) is 0 Å². The summed E-state index contributed by atoms with van der Waals surface area (Å²) >= 11 is 1.78. The van der Waals surface area contributed by atoms with Gasteiger partial charge < -0.3 is 15.1 Å². The Morgan fingerprint density at radius 2 is 2.00 bits per heavy atom. The Bertz CT molecular complexity index is 533. The molecule has 0 unspecified atom stereocenters. The number of guanidine groups is 1. The first-order valence-corrected chi connectivity index (χ1v) is 10.4. The van der Waals surface area contributed by atoms with E-state index >= 15 is 0 Å². The Kier molecular flexibility index (Phi) is 8.75. The molecular formula is C18H32IN5S. The molecule has 7 heteroatoms. The van der Waals surface area contributed by atoms with Gasteiger partial charge in [-0.3, -0.25) is 4.99 Å². The minimum atomic E-state index is 0. The lowest BCUT2D eigenvalue weighted by atomic mass is 10.00. The summed E-state index contributed by atoms with van der Waals surface area (Å²) in [6, 6.07) is 0. The Morgan fingerprint density at radius 1 is 1.28 bits per heavy atom. The Balaban J connectivity index is 0.00000225. The molecule has 0 spiro atoms. The molecule has 2 aliphatic heterocycles. The van der Waals surface area contributed by atoms with Gasteiger partial charge in [0.15, 0.2) is 11.1 Å². The molecule has 5 nitrogen and oxygen atoms in total. The molecule has 1 aromatic heterocycles. The van der Waals surface area contributed by atoms with Crippen molar-refractivity contribution in [2.24, 2.45) is 10.9 Å². The van der Waals surface area contributed by atoms with Crippen molar-refractivity contribution in [3.05, 3.63) is 11.1 Å². The molecule has 0 aromatic carbocycles. The van der Waals surface area contributed by atoms with E-state index in [0.717, 1.165) is 44.5 Å². The zero-order valence-electron chi connectivity index (χ0n) is 15.5. The van der Waals surface area contributed by atoms with Gasteiger partial charge in [0.2, 0.25) is 0 Å². The quantitative estimate of drug-likeness (QED) is 0.400. The number of anilines is 1. The first-order valence-electron chi connectivity index (χ1n) is 9.49. The Morgan fingerprint density at radius 3 is 2.68 bits per heavy atom. The van der Waals surface area contributed by atoms with Crippen molar-refractivity contribution in [2.75, 3.05) is 44.2 Å². The minimum Gasteiger partial charge on any atom is -0.357 e. The highest BCUT2D eigenvalue weighted by Crippen LogP contribution is 2.24. The number of likely N-dealkylation sites (tertiary alicyclic amines) is 1. The second kappa shape index (κ2) is 10.5. The molecule has 0 bridgehead atoms. The summed E-state index contributed by atoms with van der Waals surface area (Å²) in [5, 5.41) is 6.86. The first-order chi connectivity index (χ1) is 11.8. The lowest BCUT2D eigenvalue weighted by Gasteiger charge is -2.33. The number of hydrogen-bond acceptors (Lipinski definition) is 4. The predicted octanol–water partition coefficient (Wildman–Crippen LogP) is 3.60. The standard InChI is InChI=1S/C18H31N5S.HI/c1-3-19-17(22-12-7-15(2)8-13-22)20-9-6-16-14-24-18(21-16)23-10-4-5-11-23;/h14-15H,3-13H2,1-2H3,(H,19,20);1H. The number of nitrogens with zero attached hydrogens (tertiary/aromatic N) is 4. The maximum atomic E-state index is 4.85. The van der Waals surface area contributed by atoms with Crippen molar-refractivity contribution < 1.29 is 0 Å². The number of aliphatic imine (C=N–C) groups is 1. The summed E-state index contributed by atoms with van der Waals surface area (Å²) in [6.45, 7) is 10.8. The average molecular weight is 477 g/mol. The lowest BCUT2D eigenvalue weighted by Crippen LogP contribution is -2.45. The molecule has 1 N–H and O–H groups in total. The summed E-state index contributed by atoms with van der Waals surface area (Å²) in [6.07, 6.45) is 6.09. The maximum absolute atomic E-state index is 4.85. The van der Waals surface area contributed by atoms with E-state index in [1.54, 1.807) is 11.3 Å². The van der Waals surface area contributed by atoms with Crippen LogP contribution in [0.2, 0.25) is 0 Å². The summed E-state index contributed by atoms with van der Waals surface area (Å²) < 4.78 is 0. The zero-order chi connectivity index (χ0) is 16.8. The molecule has 0 radical (unpaired) electrons. The van der Waals surface area contributed by atoms with E-state index in [-0.39, 0.29) is 24.0 Å². The van der Waals surface area contributed by atoms with E-state index in [1.807, 2.05) is 0 Å². The third-order valence-electron chi connectivity index (χ3n) is 4.96. The van der Waals surface area contributed by atoms with Crippen LogP contribution < -0.4 is 10.2 Å². The SMILES string of the molecule is CCNC(=NCCc1csc(N2CCCC2)n1)N1CCC(C)CC1.I. The van der Waals surface area contributed by atoms with E-state index in [9.17, 15) is 0 Å². The van der Waals surface area contributed by atoms with Crippen molar-refractivity contribution in [1.82, 2.24) is 15.2 Å². The van der Waals surface area contributed by atoms with Crippen molar-refractivity contribution in [1.29, 1.82) is 0 Å². The topological polar surface area (TPSA) is 43.8 Å². The monoisotopic (exact) mass is 477 g/mol. The third kappa shape index (κ3) is 5.98. The molecule has 142 valence electrons. The second-order valence-corrected chi connectivity index (χ2v) is 7.81. The number of aromatic nitrogens is 1. The molecule has 1 aromatic rings. The number of nitrogens with one attached hydrogen (secondary N) is 1. The van der Waals surface area contributed by atoms with Gasteiger partial charge in [0.25, 0.3) is 0 Å². The average Bonchev–Trinajstić information content (AvgIpc) is 3.26. The van der Waals surface area contributed by atoms with Crippen molar-refractivity contribution in [2.45, 2.75) is 46.0 Å². The number of hydrogen-bond donors (Lipinski definition) is 1. The highest BCUT2D eigenvalue weighted by Gasteiger charge is 2.18. The Labute approximate surface area is 173 Å². The van der Waals surface area contributed by atoms with Gasteiger partial charge in [-0.2, -0.15) is 0 Å². The molecule has 0 aliphatic carbocycles. The van der Waals surface area contributed by atoms with Gasteiger partial charge in [-0.15, -0.1) is 35.3 Å². The van der Waals surface area contributed by atoms with Crippen LogP contribution in [0.1, 0.15) is 45.2 Å². The first kappa shape index (κ1) is 20.7. The largest absolute Gasteiger partial charge is 0.357 e. The summed E-state index contributed by atoms with van der Waals surface area (Å²) in [5.74, 6) is 1.93. The zero-order valence-corrected chi connectivity index (χ0v) is 18.7. The lowest BCUT2D eigenvalue weighted by molar-refractivity contribution is 0.273. The molecule has 3 rings (SSSR count). The van der Waals surface area contributed by atoms with Gasteiger partial charge >= 0.3 is 0 Å². The van der Waals surface area contributed by atoms with Gasteiger partial charge in [0, 0.05) is 51.1 Å². The molecule has 0 atom stereocenters. The maximum Gasteiger partial charge on any atom is 0.193 e. The summed E-state index contributed by atoms with van der Waals surface area (Å²) in [7, 11) is 0. The minimum absolute atomic E-state index is 0. The van der Waals surface area contributed by atoms with Gasteiger partial charge in [-0.1, -0.05) is 6.92 Å². The van der Waals surface area contributed by atoms with Crippen LogP contribution in [-0.2, 0) is 6.42 Å². The fourth-order valence-electron chi connectivity index (χ4n) is 3.39. The van der Waals surface area contributed by atoms with E-state index in [4.69, 9.17) is 9.98 Å².